The minimum atomic E-state index is -0.600. The first-order valence-corrected chi connectivity index (χ1v) is 8.63. The van der Waals surface area contributed by atoms with Gasteiger partial charge in [0.15, 0.2) is 0 Å². The summed E-state index contributed by atoms with van der Waals surface area (Å²) in [6, 6.07) is 14.7. The van der Waals surface area contributed by atoms with Crippen molar-refractivity contribution in [1.82, 2.24) is 0 Å². The number of nitro benzene ring substituents is 1. The average Bonchev–Trinajstić information content (AvgIpc) is 2.69. The summed E-state index contributed by atoms with van der Waals surface area (Å²) >= 11 is 5.97. The number of nitrogens with zero attached hydrogens (tertiary/aromatic N) is 1. The number of halogens is 2. The first-order chi connectivity index (χ1) is 13.8. The molecule has 2 amide bonds. The van der Waals surface area contributed by atoms with Crippen molar-refractivity contribution < 1.29 is 18.9 Å². The van der Waals surface area contributed by atoms with E-state index in [1.54, 1.807) is 0 Å². The van der Waals surface area contributed by atoms with Crippen LogP contribution in [0.4, 0.5) is 21.5 Å². The van der Waals surface area contributed by atoms with E-state index in [0.29, 0.717) is 0 Å². The highest BCUT2D eigenvalue weighted by atomic mass is 35.5. The highest BCUT2D eigenvalue weighted by Gasteiger charge is 2.16. The van der Waals surface area contributed by atoms with Crippen molar-refractivity contribution in [3.8, 4) is 0 Å². The van der Waals surface area contributed by atoms with Crippen LogP contribution in [0.5, 0.6) is 0 Å². The molecule has 0 atom stereocenters. The molecule has 7 nitrogen and oxygen atoms in total. The van der Waals surface area contributed by atoms with Crippen LogP contribution in [0, 0.1) is 15.9 Å². The first kappa shape index (κ1) is 20.0. The third kappa shape index (κ3) is 4.94. The zero-order valence-electron chi connectivity index (χ0n) is 14.7. The maximum absolute atomic E-state index is 13.3. The first-order valence-electron chi connectivity index (χ1n) is 8.26. The van der Waals surface area contributed by atoms with Crippen LogP contribution in [0.3, 0.4) is 0 Å². The van der Waals surface area contributed by atoms with E-state index in [4.69, 9.17) is 11.6 Å². The molecule has 3 aromatic carbocycles. The van der Waals surface area contributed by atoms with Gasteiger partial charge in [0.25, 0.3) is 17.5 Å². The van der Waals surface area contributed by atoms with Crippen LogP contribution in [0.15, 0.2) is 66.7 Å². The monoisotopic (exact) mass is 413 g/mol. The number of hydrogen-bond donors (Lipinski definition) is 2. The van der Waals surface area contributed by atoms with Gasteiger partial charge >= 0.3 is 0 Å². The van der Waals surface area contributed by atoms with Gasteiger partial charge in [0.05, 0.1) is 16.2 Å². The van der Waals surface area contributed by atoms with Crippen molar-refractivity contribution in [1.29, 1.82) is 0 Å². The van der Waals surface area contributed by atoms with Crippen molar-refractivity contribution in [3.05, 3.63) is 98.8 Å². The number of hydrogen-bond acceptors (Lipinski definition) is 4. The number of rotatable bonds is 5. The summed E-state index contributed by atoms with van der Waals surface area (Å²) in [4.78, 5) is 35.2. The summed E-state index contributed by atoms with van der Waals surface area (Å²) in [5.74, 6) is -1.68. The molecule has 3 aromatic rings. The predicted molar refractivity (Wildman–Crippen MR) is 107 cm³/mol. The SMILES string of the molecule is O=C(Nc1ccc(Cl)cc1C(=O)Nc1cccc(F)c1)c1ccc([N+](=O)[O-])cc1. The van der Waals surface area contributed by atoms with Crippen LogP contribution in [0.1, 0.15) is 20.7 Å². The minimum Gasteiger partial charge on any atom is -0.322 e. The van der Waals surface area contributed by atoms with Gasteiger partial charge in [-0.25, -0.2) is 4.39 Å². The van der Waals surface area contributed by atoms with Gasteiger partial charge in [-0.3, -0.25) is 19.7 Å². The fourth-order valence-corrected chi connectivity index (χ4v) is 2.68. The summed E-state index contributed by atoms with van der Waals surface area (Å²) in [7, 11) is 0. The Kier molecular flexibility index (Phi) is 5.85. The van der Waals surface area contributed by atoms with Crippen LogP contribution in [0.25, 0.3) is 0 Å². The minimum absolute atomic E-state index is 0.0667. The molecular formula is C20H13ClFN3O4. The number of carbonyl (C=O) groups is 2. The van der Waals surface area contributed by atoms with E-state index in [1.807, 2.05) is 0 Å². The smallest absolute Gasteiger partial charge is 0.269 e. The number of nitrogens with one attached hydrogen (secondary N) is 2. The van der Waals surface area contributed by atoms with Gasteiger partial charge in [-0.15, -0.1) is 0 Å². The molecular weight excluding hydrogens is 401 g/mol. The molecule has 0 unspecified atom stereocenters. The van der Waals surface area contributed by atoms with Crippen molar-refractivity contribution in [2.24, 2.45) is 0 Å². The summed E-state index contributed by atoms with van der Waals surface area (Å²) in [5, 5.41) is 16.1. The second-order valence-electron chi connectivity index (χ2n) is 5.91. The van der Waals surface area contributed by atoms with Gasteiger partial charge in [-0.2, -0.15) is 0 Å². The summed E-state index contributed by atoms with van der Waals surface area (Å²) in [5.41, 5.74) is 0.497. The predicted octanol–water partition coefficient (Wildman–Crippen LogP) is 4.89. The van der Waals surface area contributed by atoms with Crippen LogP contribution < -0.4 is 10.6 Å². The third-order valence-electron chi connectivity index (χ3n) is 3.90. The van der Waals surface area contributed by atoms with Gasteiger partial charge < -0.3 is 10.6 Å². The number of amides is 2. The highest BCUT2D eigenvalue weighted by Crippen LogP contribution is 2.23. The van der Waals surface area contributed by atoms with E-state index in [0.717, 1.165) is 6.07 Å². The van der Waals surface area contributed by atoms with Crippen LogP contribution in [-0.2, 0) is 0 Å². The Morgan fingerprint density at radius 1 is 0.931 bits per heavy atom. The Morgan fingerprint density at radius 2 is 1.66 bits per heavy atom. The van der Waals surface area contributed by atoms with E-state index in [2.05, 4.69) is 10.6 Å². The fraction of sp³-hybridized carbons (Fsp3) is 0. The van der Waals surface area contributed by atoms with Crippen LogP contribution >= 0.6 is 11.6 Å². The quantitative estimate of drug-likeness (QED) is 0.459. The molecule has 0 fully saturated rings. The number of anilines is 2. The molecule has 9 heteroatoms. The summed E-state index contributed by atoms with van der Waals surface area (Å²) in [6.45, 7) is 0. The van der Waals surface area contributed by atoms with Crippen molar-refractivity contribution in [2.75, 3.05) is 10.6 Å². The van der Waals surface area contributed by atoms with E-state index >= 15 is 0 Å². The van der Waals surface area contributed by atoms with Gasteiger partial charge in [0, 0.05) is 28.4 Å². The molecule has 0 spiro atoms. The lowest BCUT2D eigenvalue weighted by molar-refractivity contribution is -0.384. The zero-order chi connectivity index (χ0) is 21.0. The average molecular weight is 414 g/mol. The Balaban J connectivity index is 1.83. The van der Waals surface area contributed by atoms with E-state index < -0.39 is 22.6 Å². The molecule has 0 aliphatic rings. The van der Waals surface area contributed by atoms with Gasteiger partial charge in [0.1, 0.15) is 5.82 Å². The molecule has 2 N–H and O–H groups in total. The topological polar surface area (TPSA) is 101 Å². The normalized spacial score (nSPS) is 10.3. The number of nitro groups is 1. The summed E-state index contributed by atoms with van der Waals surface area (Å²) < 4.78 is 13.3. The molecule has 0 aliphatic carbocycles. The maximum atomic E-state index is 13.3. The molecule has 0 saturated carbocycles. The maximum Gasteiger partial charge on any atom is 0.269 e. The lowest BCUT2D eigenvalue weighted by Crippen LogP contribution is -2.18. The molecule has 0 aliphatic heterocycles. The Morgan fingerprint density at radius 3 is 2.31 bits per heavy atom. The lowest BCUT2D eigenvalue weighted by atomic mass is 10.1. The molecule has 146 valence electrons. The molecule has 0 radical (unpaired) electrons. The fourth-order valence-electron chi connectivity index (χ4n) is 2.51. The number of benzene rings is 3. The Bertz CT molecular complexity index is 1100. The van der Waals surface area contributed by atoms with Crippen molar-refractivity contribution in [3.63, 3.8) is 0 Å². The molecule has 0 aromatic heterocycles. The number of non-ortho nitro benzene ring substituents is 1. The van der Waals surface area contributed by atoms with E-state index in [1.165, 1.54) is 60.7 Å². The van der Waals surface area contributed by atoms with Crippen molar-refractivity contribution >= 4 is 40.5 Å². The third-order valence-corrected chi connectivity index (χ3v) is 4.13. The van der Waals surface area contributed by atoms with Gasteiger partial charge in [-0.05, 0) is 48.5 Å². The van der Waals surface area contributed by atoms with Gasteiger partial charge in [-0.1, -0.05) is 17.7 Å². The molecule has 0 bridgehead atoms. The zero-order valence-corrected chi connectivity index (χ0v) is 15.4. The standard InChI is InChI=1S/C20H13ClFN3O4/c21-13-6-9-18(24-19(26)12-4-7-16(8-5-12)25(28)29)17(10-13)20(27)23-15-3-1-2-14(22)11-15/h1-11H,(H,23,27)(H,24,26). The molecule has 3 rings (SSSR count). The van der Waals surface area contributed by atoms with Gasteiger partial charge in [0.2, 0.25) is 0 Å². The van der Waals surface area contributed by atoms with Crippen LogP contribution in [0.2, 0.25) is 5.02 Å². The highest BCUT2D eigenvalue weighted by molar-refractivity contribution is 6.31. The van der Waals surface area contributed by atoms with E-state index in [9.17, 15) is 24.1 Å². The van der Waals surface area contributed by atoms with Crippen molar-refractivity contribution in [2.45, 2.75) is 0 Å². The molecule has 0 saturated heterocycles. The van der Waals surface area contributed by atoms with Crippen LogP contribution in [-0.4, -0.2) is 16.7 Å². The second-order valence-corrected chi connectivity index (χ2v) is 6.35. The molecule has 29 heavy (non-hydrogen) atoms. The Hall–Kier alpha value is -3.78. The summed E-state index contributed by atoms with van der Waals surface area (Å²) in [6.07, 6.45) is 0. The number of carbonyl (C=O) groups excluding carboxylic acids is 2. The van der Waals surface area contributed by atoms with E-state index in [-0.39, 0.29) is 33.2 Å². The lowest BCUT2D eigenvalue weighted by Gasteiger charge is -2.12. The Labute approximate surface area is 169 Å². The second kappa shape index (κ2) is 8.49. The largest absolute Gasteiger partial charge is 0.322 e. The molecule has 0 heterocycles.